The summed E-state index contributed by atoms with van der Waals surface area (Å²) >= 11 is 5.96. The highest BCUT2D eigenvalue weighted by molar-refractivity contribution is 6.30. The Kier molecular flexibility index (Phi) is 3.62. The predicted octanol–water partition coefficient (Wildman–Crippen LogP) is 2.56. The first-order valence-electron chi connectivity index (χ1n) is 5.32. The maximum absolute atomic E-state index is 5.96. The number of nitrogens with one attached hydrogen (secondary N) is 1. The van der Waals surface area contributed by atoms with E-state index in [-0.39, 0.29) is 0 Å². The Hall–Kier alpha value is -0.570. The standard InChI is InChI=1S/C12H16ClNO/c1-15-7-6-14-12-5-2-9-8-10(13)3-4-11(9)12/h3-4,8,12,14H,2,5-7H2,1H3. The first-order valence-corrected chi connectivity index (χ1v) is 5.69. The van der Waals surface area contributed by atoms with E-state index in [1.165, 1.54) is 17.5 Å². The van der Waals surface area contributed by atoms with Gasteiger partial charge in [0.1, 0.15) is 0 Å². The normalized spacial score (nSPS) is 19.2. The topological polar surface area (TPSA) is 21.3 Å². The summed E-state index contributed by atoms with van der Waals surface area (Å²) in [6.07, 6.45) is 2.29. The molecule has 15 heavy (non-hydrogen) atoms. The second kappa shape index (κ2) is 4.97. The number of benzene rings is 1. The van der Waals surface area contributed by atoms with Crippen LogP contribution in [0.2, 0.25) is 5.02 Å². The summed E-state index contributed by atoms with van der Waals surface area (Å²) in [5.74, 6) is 0. The second-order valence-corrected chi connectivity index (χ2v) is 4.32. The van der Waals surface area contributed by atoms with E-state index in [4.69, 9.17) is 16.3 Å². The molecule has 0 fully saturated rings. The summed E-state index contributed by atoms with van der Waals surface area (Å²) in [6, 6.07) is 6.66. The average molecular weight is 226 g/mol. The Morgan fingerprint density at radius 3 is 3.20 bits per heavy atom. The summed E-state index contributed by atoms with van der Waals surface area (Å²) in [5.41, 5.74) is 2.79. The molecular formula is C12H16ClNO. The van der Waals surface area contributed by atoms with Crippen molar-refractivity contribution in [1.29, 1.82) is 0 Å². The number of ether oxygens (including phenoxy) is 1. The van der Waals surface area contributed by atoms with Gasteiger partial charge >= 0.3 is 0 Å². The number of fused-ring (bicyclic) bond motifs is 1. The maximum Gasteiger partial charge on any atom is 0.0587 e. The molecule has 1 unspecified atom stereocenters. The molecule has 0 aromatic heterocycles. The largest absolute Gasteiger partial charge is 0.383 e. The lowest BCUT2D eigenvalue weighted by atomic mass is 10.1. The molecule has 0 radical (unpaired) electrons. The zero-order valence-electron chi connectivity index (χ0n) is 8.92. The quantitative estimate of drug-likeness (QED) is 0.796. The van der Waals surface area contributed by atoms with E-state index in [2.05, 4.69) is 17.4 Å². The summed E-state index contributed by atoms with van der Waals surface area (Å²) in [6.45, 7) is 1.67. The van der Waals surface area contributed by atoms with Gasteiger partial charge in [0.2, 0.25) is 0 Å². The fourth-order valence-electron chi connectivity index (χ4n) is 2.13. The maximum atomic E-state index is 5.96. The molecule has 1 N–H and O–H groups in total. The van der Waals surface area contributed by atoms with E-state index in [0.29, 0.717) is 6.04 Å². The van der Waals surface area contributed by atoms with Crippen LogP contribution in [0.3, 0.4) is 0 Å². The van der Waals surface area contributed by atoms with Gasteiger partial charge in [-0.05, 0) is 36.1 Å². The Morgan fingerprint density at radius 2 is 2.40 bits per heavy atom. The van der Waals surface area contributed by atoms with Crippen LogP contribution in [0.15, 0.2) is 18.2 Å². The third-order valence-corrected chi connectivity index (χ3v) is 3.11. The molecule has 1 aromatic rings. The van der Waals surface area contributed by atoms with E-state index in [9.17, 15) is 0 Å². The van der Waals surface area contributed by atoms with Gasteiger partial charge in [-0.2, -0.15) is 0 Å². The lowest BCUT2D eigenvalue weighted by Crippen LogP contribution is -2.23. The minimum absolute atomic E-state index is 0.479. The number of rotatable bonds is 4. The molecule has 2 nitrogen and oxygen atoms in total. The van der Waals surface area contributed by atoms with E-state index in [0.717, 1.165) is 24.6 Å². The molecule has 2 rings (SSSR count). The third-order valence-electron chi connectivity index (χ3n) is 2.88. The Labute approximate surface area is 95.6 Å². The van der Waals surface area contributed by atoms with Crippen molar-refractivity contribution in [2.45, 2.75) is 18.9 Å². The first kappa shape index (κ1) is 10.9. The molecule has 0 bridgehead atoms. The Balaban J connectivity index is 2.02. The number of methoxy groups -OCH3 is 1. The molecule has 0 amide bonds. The lowest BCUT2D eigenvalue weighted by molar-refractivity contribution is 0.195. The van der Waals surface area contributed by atoms with Crippen molar-refractivity contribution in [2.24, 2.45) is 0 Å². The molecule has 3 heteroatoms. The van der Waals surface area contributed by atoms with Gasteiger partial charge in [-0.3, -0.25) is 0 Å². The van der Waals surface area contributed by atoms with Crippen LogP contribution in [-0.4, -0.2) is 20.3 Å². The minimum Gasteiger partial charge on any atom is -0.383 e. The number of hydrogen-bond acceptors (Lipinski definition) is 2. The highest BCUT2D eigenvalue weighted by atomic mass is 35.5. The van der Waals surface area contributed by atoms with Crippen molar-refractivity contribution < 1.29 is 4.74 Å². The van der Waals surface area contributed by atoms with Gasteiger partial charge in [-0.25, -0.2) is 0 Å². The predicted molar refractivity (Wildman–Crippen MR) is 62.4 cm³/mol. The van der Waals surface area contributed by atoms with Crippen LogP contribution in [0.4, 0.5) is 0 Å². The third kappa shape index (κ3) is 2.51. The second-order valence-electron chi connectivity index (χ2n) is 3.88. The smallest absolute Gasteiger partial charge is 0.0587 e. The lowest BCUT2D eigenvalue weighted by Gasteiger charge is -2.13. The monoisotopic (exact) mass is 225 g/mol. The molecule has 0 aliphatic heterocycles. The Bertz CT molecular complexity index is 340. The first-order chi connectivity index (χ1) is 7.31. The van der Waals surface area contributed by atoms with Gasteiger partial charge in [0.25, 0.3) is 0 Å². The van der Waals surface area contributed by atoms with Crippen molar-refractivity contribution >= 4 is 11.6 Å². The highest BCUT2D eigenvalue weighted by Crippen LogP contribution is 2.32. The minimum atomic E-state index is 0.479. The van der Waals surface area contributed by atoms with Gasteiger partial charge in [-0.1, -0.05) is 17.7 Å². The molecule has 1 aliphatic carbocycles. The van der Waals surface area contributed by atoms with E-state index < -0.39 is 0 Å². The molecule has 0 spiro atoms. The van der Waals surface area contributed by atoms with Crippen molar-refractivity contribution in [1.82, 2.24) is 5.32 Å². The molecule has 0 heterocycles. The van der Waals surface area contributed by atoms with Crippen LogP contribution in [0.5, 0.6) is 0 Å². The molecule has 82 valence electrons. The fraction of sp³-hybridized carbons (Fsp3) is 0.500. The SMILES string of the molecule is COCCNC1CCc2cc(Cl)ccc21. The molecule has 1 atom stereocenters. The van der Waals surface area contributed by atoms with Crippen LogP contribution < -0.4 is 5.32 Å². The molecule has 1 aliphatic rings. The molecular weight excluding hydrogens is 210 g/mol. The summed E-state index contributed by atoms with van der Waals surface area (Å²) in [5, 5.41) is 4.33. The number of halogens is 1. The summed E-state index contributed by atoms with van der Waals surface area (Å²) < 4.78 is 5.03. The van der Waals surface area contributed by atoms with Crippen LogP contribution >= 0.6 is 11.6 Å². The van der Waals surface area contributed by atoms with Gasteiger partial charge in [0.15, 0.2) is 0 Å². The summed E-state index contributed by atoms with van der Waals surface area (Å²) in [7, 11) is 1.73. The van der Waals surface area contributed by atoms with Gasteiger partial charge in [0, 0.05) is 24.7 Å². The van der Waals surface area contributed by atoms with Gasteiger partial charge < -0.3 is 10.1 Å². The Morgan fingerprint density at radius 1 is 1.53 bits per heavy atom. The molecule has 0 saturated heterocycles. The van der Waals surface area contributed by atoms with Crippen molar-refractivity contribution in [2.75, 3.05) is 20.3 Å². The van der Waals surface area contributed by atoms with E-state index >= 15 is 0 Å². The van der Waals surface area contributed by atoms with Crippen LogP contribution in [-0.2, 0) is 11.2 Å². The van der Waals surface area contributed by atoms with Crippen LogP contribution in [0, 0.1) is 0 Å². The highest BCUT2D eigenvalue weighted by Gasteiger charge is 2.21. The number of hydrogen-bond donors (Lipinski definition) is 1. The van der Waals surface area contributed by atoms with E-state index in [1.54, 1.807) is 7.11 Å². The molecule has 1 aromatic carbocycles. The van der Waals surface area contributed by atoms with Crippen molar-refractivity contribution in [3.8, 4) is 0 Å². The summed E-state index contributed by atoms with van der Waals surface area (Å²) in [4.78, 5) is 0. The zero-order chi connectivity index (χ0) is 10.7. The van der Waals surface area contributed by atoms with Crippen molar-refractivity contribution in [3.05, 3.63) is 34.3 Å². The van der Waals surface area contributed by atoms with Crippen molar-refractivity contribution in [3.63, 3.8) is 0 Å². The van der Waals surface area contributed by atoms with E-state index in [1.807, 2.05) is 6.07 Å². The van der Waals surface area contributed by atoms with Gasteiger partial charge in [0.05, 0.1) is 6.61 Å². The fourth-order valence-corrected chi connectivity index (χ4v) is 2.33. The van der Waals surface area contributed by atoms with Crippen LogP contribution in [0.25, 0.3) is 0 Å². The van der Waals surface area contributed by atoms with Gasteiger partial charge in [-0.15, -0.1) is 0 Å². The van der Waals surface area contributed by atoms with Crippen LogP contribution in [0.1, 0.15) is 23.6 Å². The average Bonchev–Trinajstić information content (AvgIpc) is 2.61. The molecule has 0 saturated carbocycles. The zero-order valence-corrected chi connectivity index (χ0v) is 9.68. The number of aryl methyl sites for hydroxylation is 1.